The van der Waals surface area contributed by atoms with Crippen LogP contribution in [0.1, 0.15) is 39.3 Å². The van der Waals surface area contributed by atoms with Gasteiger partial charge >= 0.3 is 0 Å². The molecule has 1 rings (SSSR count). The van der Waals surface area contributed by atoms with Crippen molar-refractivity contribution in [3.8, 4) is 0 Å². The van der Waals surface area contributed by atoms with Gasteiger partial charge in [0.2, 0.25) is 0 Å². The summed E-state index contributed by atoms with van der Waals surface area (Å²) in [5.74, 6) is 0.707. The van der Waals surface area contributed by atoms with Gasteiger partial charge in [-0.05, 0) is 19.3 Å². The third-order valence-electron chi connectivity index (χ3n) is 3.31. The van der Waals surface area contributed by atoms with E-state index in [1.807, 2.05) is 0 Å². The van der Waals surface area contributed by atoms with Crippen molar-refractivity contribution in [3.05, 3.63) is 11.1 Å². The van der Waals surface area contributed by atoms with Gasteiger partial charge in [-0.25, -0.2) is 4.98 Å². The Labute approximate surface area is 107 Å². The van der Waals surface area contributed by atoms with E-state index in [4.69, 9.17) is 11.6 Å². The zero-order valence-corrected chi connectivity index (χ0v) is 11.9. The third-order valence-corrected chi connectivity index (χ3v) is 4.73. The van der Waals surface area contributed by atoms with Crippen molar-refractivity contribution >= 4 is 28.1 Å². The van der Waals surface area contributed by atoms with E-state index in [1.165, 1.54) is 0 Å². The number of aromatic nitrogens is 1. The summed E-state index contributed by atoms with van der Waals surface area (Å²) in [7, 11) is 0. The molecule has 0 aliphatic carbocycles. The summed E-state index contributed by atoms with van der Waals surface area (Å²) in [4.78, 5) is 4.50. The average Bonchev–Trinajstić information content (AvgIpc) is 2.80. The zero-order chi connectivity index (χ0) is 12.0. The number of hydrogen-bond donors (Lipinski definition) is 1. The highest BCUT2D eigenvalue weighted by molar-refractivity contribution is 7.13. The Morgan fingerprint density at radius 3 is 2.50 bits per heavy atom. The molecular weight excluding hydrogens is 240 g/mol. The molecule has 0 aliphatic rings. The van der Waals surface area contributed by atoms with Crippen LogP contribution in [0.2, 0.25) is 0 Å². The molecule has 1 N–H and O–H groups in total. The number of nitrogens with one attached hydrogen (secondary N) is 1. The van der Waals surface area contributed by atoms with Crippen molar-refractivity contribution in [1.82, 2.24) is 4.98 Å². The zero-order valence-electron chi connectivity index (χ0n) is 10.3. The highest BCUT2D eigenvalue weighted by Crippen LogP contribution is 2.29. The maximum Gasteiger partial charge on any atom is 0.182 e. The van der Waals surface area contributed by atoms with E-state index in [9.17, 15) is 0 Å². The fraction of sp³-hybridized carbons (Fsp3) is 0.750. The highest BCUT2D eigenvalue weighted by Gasteiger charge is 2.25. The van der Waals surface area contributed by atoms with Crippen molar-refractivity contribution < 1.29 is 0 Å². The molecule has 0 spiro atoms. The Balaban J connectivity index is 2.55. The molecule has 2 nitrogen and oxygen atoms in total. The van der Waals surface area contributed by atoms with Crippen LogP contribution >= 0.6 is 22.9 Å². The monoisotopic (exact) mass is 260 g/mol. The molecule has 0 bridgehead atoms. The normalized spacial score (nSPS) is 11.8. The summed E-state index contributed by atoms with van der Waals surface area (Å²) in [5.41, 5.74) is 1.37. The van der Waals surface area contributed by atoms with E-state index in [0.29, 0.717) is 5.88 Å². The lowest BCUT2D eigenvalue weighted by atomic mass is 9.84. The van der Waals surface area contributed by atoms with Gasteiger partial charge in [-0.3, -0.25) is 0 Å². The SMILES string of the molecule is CCc1csc(NCC(CC)(CC)CCl)n1. The van der Waals surface area contributed by atoms with Crippen molar-refractivity contribution in [3.63, 3.8) is 0 Å². The number of nitrogens with zero attached hydrogens (tertiary/aromatic N) is 1. The van der Waals surface area contributed by atoms with Gasteiger partial charge < -0.3 is 5.32 Å². The first kappa shape index (κ1) is 13.8. The van der Waals surface area contributed by atoms with E-state index in [2.05, 4.69) is 36.5 Å². The van der Waals surface area contributed by atoms with Crippen LogP contribution in [0.25, 0.3) is 0 Å². The second-order valence-electron chi connectivity index (χ2n) is 4.19. The lowest BCUT2D eigenvalue weighted by molar-refractivity contribution is 0.327. The van der Waals surface area contributed by atoms with E-state index >= 15 is 0 Å². The van der Waals surface area contributed by atoms with Gasteiger partial charge in [0, 0.05) is 23.2 Å². The molecular formula is C12H21ClN2S. The van der Waals surface area contributed by atoms with E-state index < -0.39 is 0 Å². The molecule has 0 fully saturated rings. The van der Waals surface area contributed by atoms with Crippen molar-refractivity contribution in [1.29, 1.82) is 0 Å². The van der Waals surface area contributed by atoms with Gasteiger partial charge in [0.05, 0.1) is 5.69 Å². The molecule has 1 aromatic rings. The van der Waals surface area contributed by atoms with Crippen molar-refractivity contribution in [2.24, 2.45) is 5.41 Å². The summed E-state index contributed by atoms with van der Waals surface area (Å²) in [6.07, 6.45) is 3.21. The molecule has 1 aromatic heterocycles. The summed E-state index contributed by atoms with van der Waals surface area (Å²) in [6.45, 7) is 7.44. The van der Waals surface area contributed by atoms with Crippen LogP contribution in [0.15, 0.2) is 5.38 Å². The highest BCUT2D eigenvalue weighted by atomic mass is 35.5. The largest absolute Gasteiger partial charge is 0.361 e. The third kappa shape index (κ3) is 3.36. The first-order valence-corrected chi connectivity index (χ1v) is 7.35. The van der Waals surface area contributed by atoms with Crippen LogP contribution < -0.4 is 5.32 Å². The molecule has 0 saturated heterocycles. The lowest BCUT2D eigenvalue weighted by Crippen LogP contribution is -2.30. The maximum atomic E-state index is 6.07. The molecule has 0 aliphatic heterocycles. The molecule has 0 saturated carbocycles. The Kier molecular flexibility index (Phi) is 5.56. The fourth-order valence-electron chi connectivity index (χ4n) is 1.55. The maximum absolute atomic E-state index is 6.07. The number of anilines is 1. The van der Waals surface area contributed by atoms with Gasteiger partial charge in [-0.2, -0.15) is 0 Å². The van der Waals surface area contributed by atoms with Crippen LogP contribution in [0.5, 0.6) is 0 Å². The Hall–Kier alpha value is -0.280. The quantitative estimate of drug-likeness (QED) is 0.745. The van der Waals surface area contributed by atoms with Gasteiger partial charge in [-0.15, -0.1) is 22.9 Å². The number of aryl methyl sites for hydroxylation is 1. The second-order valence-corrected chi connectivity index (χ2v) is 5.32. The van der Waals surface area contributed by atoms with Gasteiger partial charge in [-0.1, -0.05) is 20.8 Å². The fourth-order valence-corrected chi connectivity index (χ4v) is 2.81. The van der Waals surface area contributed by atoms with Gasteiger partial charge in [0.15, 0.2) is 5.13 Å². The molecule has 92 valence electrons. The molecule has 0 radical (unpaired) electrons. The first-order chi connectivity index (χ1) is 7.69. The molecule has 4 heteroatoms. The minimum atomic E-state index is 0.208. The Bertz CT molecular complexity index is 299. The topological polar surface area (TPSA) is 24.9 Å². The number of halogens is 1. The van der Waals surface area contributed by atoms with Crippen molar-refractivity contribution in [2.45, 2.75) is 40.0 Å². The van der Waals surface area contributed by atoms with E-state index in [-0.39, 0.29) is 5.41 Å². The Morgan fingerprint density at radius 1 is 1.38 bits per heavy atom. The first-order valence-electron chi connectivity index (χ1n) is 5.94. The molecule has 0 aromatic carbocycles. The molecule has 0 amide bonds. The minimum Gasteiger partial charge on any atom is -0.361 e. The standard InChI is InChI=1S/C12H21ClN2S/c1-4-10-7-16-11(15-10)14-9-12(5-2,6-3)8-13/h7H,4-6,8-9H2,1-3H3,(H,14,15). The van der Waals surface area contributed by atoms with Gasteiger partial charge in [0.1, 0.15) is 0 Å². The molecule has 0 atom stereocenters. The van der Waals surface area contributed by atoms with E-state index in [1.54, 1.807) is 11.3 Å². The van der Waals surface area contributed by atoms with Crippen LogP contribution in [-0.4, -0.2) is 17.4 Å². The lowest BCUT2D eigenvalue weighted by Gasteiger charge is -2.29. The number of thiazole rings is 1. The Morgan fingerprint density at radius 2 is 2.06 bits per heavy atom. The van der Waals surface area contributed by atoms with Crippen LogP contribution in [0.4, 0.5) is 5.13 Å². The summed E-state index contributed by atoms with van der Waals surface area (Å²) in [5, 5.41) is 6.55. The average molecular weight is 261 g/mol. The summed E-state index contributed by atoms with van der Waals surface area (Å²) >= 11 is 7.75. The number of rotatable bonds is 7. The predicted molar refractivity (Wildman–Crippen MR) is 73.7 cm³/mol. The number of alkyl halides is 1. The van der Waals surface area contributed by atoms with E-state index in [0.717, 1.165) is 36.6 Å². The summed E-state index contributed by atoms with van der Waals surface area (Å²) in [6, 6.07) is 0. The second kappa shape index (κ2) is 6.45. The predicted octanol–water partition coefficient (Wildman–Crippen LogP) is 4.16. The smallest absolute Gasteiger partial charge is 0.182 e. The van der Waals surface area contributed by atoms with Crippen LogP contribution in [0.3, 0.4) is 0 Å². The number of hydrogen-bond acceptors (Lipinski definition) is 3. The van der Waals surface area contributed by atoms with Gasteiger partial charge in [0.25, 0.3) is 0 Å². The van der Waals surface area contributed by atoms with Crippen LogP contribution in [0, 0.1) is 5.41 Å². The summed E-state index contributed by atoms with van der Waals surface area (Å²) < 4.78 is 0. The molecule has 1 heterocycles. The molecule has 16 heavy (non-hydrogen) atoms. The minimum absolute atomic E-state index is 0.208. The van der Waals surface area contributed by atoms with Crippen LogP contribution in [-0.2, 0) is 6.42 Å². The van der Waals surface area contributed by atoms with Crippen molar-refractivity contribution in [2.75, 3.05) is 17.7 Å². The molecule has 0 unspecified atom stereocenters.